The molecule has 8 heteroatoms. The highest BCUT2D eigenvalue weighted by Crippen LogP contribution is 2.37. The molecule has 1 atom stereocenters. The van der Waals surface area contributed by atoms with Crippen LogP contribution in [0.25, 0.3) is 5.69 Å². The Hall–Kier alpha value is -3.78. The van der Waals surface area contributed by atoms with Gasteiger partial charge in [-0.3, -0.25) is 9.36 Å². The van der Waals surface area contributed by atoms with E-state index in [1.54, 1.807) is 11.8 Å². The van der Waals surface area contributed by atoms with E-state index in [9.17, 15) is 4.79 Å². The standard InChI is InChI=1S/C28H28N4O3S/c1-19-10-8-11-20(2)26(19)29-25(33)16-9-17-36-28-31-30-27(32(28)21-12-4-3-5-13-21)24-18-34-22-14-6-7-15-23(22)35-24/h3-8,10-15,24H,9,16-18H2,1-2H3,(H,29,33)/t24-/m0/s1. The maximum absolute atomic E-state index is 12.5. The number of nitrogens with zero attached hydrogens (tertiary/aromatic N) is 3. The van der Waals surface area contributed by atoms with Gasteiger partial charge in [-0.25, -0.2) is 0 Å². The molecular formula is C28H28N4O3S. The van der Waals surface area contributed by atoms with E-state index in [1.807, 2.05) is 91.2 Å². The molecule has 0 bridgehead atoms. The van der Waals surface area contributed by atoms with Gasteiger partial charge in [0, 0.05) is 23.5 Å². The summed E-state index contributed by atoms with van der Waals surface area (Å²) in [6.45, 7) is 4.36. The van der Waals surface area contributed by atoms with Crippen LogP contribution in [-0.2, 0) is 4.79 Å². The lowest BCUT2D eigenvalue weighted by Gasteiger charge is -2.26. The minimum atomic E-state index is -0.384. The average molecular weight is 501 g/mol. The third kappa shape index (κ3) is 5.23. The fourth-order valence-corrected chi connectivity index (χ4v) is 5.06. The number of carbonyl (C=O) groups excluding carboxylic acids is 1. The number of aromatic nitrogens is 3. The lowest BCUT2D eigenvalue weighted by Crippen LogP contribution is -2.24. The van der Waals surface area contributed by atoms with E-state index < -0.39 is 0 Å². The topological polar surface area (TPSA) is 78.3 Å². The first-order chi connectivity index (χ1) is 17.6. The van der Waals surface area contributed by atoms with Crippen molar-refractivity contribution in [3.05, 3.63) is 89.7 Å². The molecule has 184 valence electrons. The smallest absolute Gasteiger partial charge is 0.224 e. The fourth-order valence-electron chi connectivity index (χ4n) is 4.16. The van der Waals surface area contributed by atoms with E-state index in [4.69, 9.17) is 9.47 Å². The Kier molecular flexibility index (Phi) is 7.23. The third-order valence-corrected chi connectivity index (χ3v) is 7.01. The minimum absolute atomic E-state index is 0.0182. The van der Waals surface area contributed by atoms with Crippen LogP contribution in [-0.4, -0.2) is 33.0 Å². The van der Waals surface area contributed by atoms with Crippen LogP contribution in [0.1, 0.15) is 35.9 Å². The zero-order chi connectivity index (χ0) is 24.9. The fraction of sp³-hybridized carbons (Fsp3) is 0.250. The lowest BCUT2D eigenvalue weighted by atomic mass is 10.1. The number of carbonyl (C=O) groups is 1. The zero-order valence-corrected chi connectivity index (χ0v) is 21.1. The van der Waals surface area contributed by atoms with Gasteiger partial charge >= 0.3 is 0 Å². The van der Waals surface area contributed by atoms with Crippen LogP contribution in [0.2, 0.25) is 0 Å². The predicted octanol–water partition coefficient (Wildman–Crippen LogP) is 5.91. The SMILES string of the molecule is Cc1cccc(C)c1NC(=O)CCCSc1nnc([C@@H]2COc3ccccc3O2)n1-c1ccccc1. The molecule has 36 heavy (non-hydrogen) atoms. The van der Waals surface area contributed by atoms with Gasteiger partial charge < -0.3 is 14.8 Å². The number of benzene rings is 3. The van der Waals surface area contributed by atoms with Gasteiger partial charge in [0.2, 0.25) is 5.91 Å². The van der Waals surface area contributed by atoms with Crippen LogP contribution in [0.5, 0.6) is 11.5 Å². The summed E-state index contributed by atoms with van der Waals surface area (Å²) in [6.07, 6.45) is 0.767. The van der Waals surface area contributed by atoms with Crippen LogP contribution in [0.15, 0.2) is 78.0 Å². The Morgan fingerprint density at radius 2 is 1.69 bits per heavy atom. The van der Waals surface area contributed by atoms with Gasteiger partial charge in [0.1, 0.15) is 6.61 Å². The Morgan fingerprint density at radius 1 is 0.972 bits per heavy atom. The summed E-state index contributed by atoms with van der Waals surface area (Å²) in [5.41, 5.74) is 3.99. The number of hydrogen-bond donors (Lipinski definition) is 1. The molecule has 7 nitrogen and oxygen atoms in total. The molecule has 1 aliphatic rings. The largest absolute Gasteiger partial charge is 0.485 e. The number of rotatable bonds is 8. The molecule has 3 aromatic carbocycles. The van der Waals surface area contributed by atoms with E-state index in [1.165, 1.54) is 0 Å². The van der Waals surface area contributed by atoms with Crippen LogP contribution >= 0.6 is 11.8 Å². The molecule has 5 rings (SSSR count). The van der Waals surface area contributed by atoms with Crippen LogP contribution in [0.4, 0.5) is 5.69 Å². The Morgan fingerprint density at radius 3 is 2.47 bits per heavy atom. The molecule has 1 aliphatic heterocycles. The summed E-state index contributed by atoms with van der Waals surface area (Å²) in [4.78, 5) is 12.5. The normalized spacial score (nSPS) is 14.4. The highest BCUT2D eigenvalue weighted by Gasteiger charge is 2.29. The number of ether oxygens (including phenoxy) is 2. The summed E-state index contributed by atoms with van der Waals surface area (Å²) >= 11 is 1.58. The molecule has 2 heterocycles. The van der Waals surface area contributed by atoms with Crippen molar-refractivity contribution in [1.29, 1.82) is 0 Å². The maximum atomic E-state index is 12.5. The van der Waals surface area contributed by atoms with E-state index >= 15 is 0 Å². The second-order valence-electron chi connectivity index (χ2n) is 8.64. The number of thioether (sulfide) groups is 1. The third-order valence-electron chi connectivity index (χ3n) is 5.99. The number of fused-ring (bicyclic) bond motifs is 1. The highest BCUT2D eigenvalue weighted by atomic mass is 32.2. The number of aryl methyl sites for hydroxylation is 2. The van der Waals surface area contributed by atoms with Gasteiger partial charge in [-0.15, -0.1) is 10.2 Å². The Labute approximate surface area is 214 Å². The van der Waals surface area contributed by atoms with E-state index in [-0.39, 0.29) is 12.0 Å². The van der Waals surface area contributed by atoms with Gasteiger partial charge in [0.25, 0.3) is 0 Å². The van der Waals surface area contributed by atoms with Gasteiger partial charge in [-0.2, -0.15) is 0 Å². The van der Waals surface area contributed by atoms with Crippen LogP contribution < -0.4 is 14.8 Å². The molecule has 0 fully saturated rings. The Bertz CT molecular complexity index is 1340. The minimum Gasteiger partial charge on any atom is -0.485 e. The first-order valence-electron chi connectivity index (χ1n) is 12.0. The van der Waals surface area contributed by atoms with E-state index in [0.29, 0.717) is 24.6 Å². The summed E-state index contributed by atoms with van der Waals surface area (Å²) in [7, 11) is 0. The second-order valence-corrected chi connectivity index (χ2v) is 9.71. The Balaban J connectivity index is 1.27. The quantitative estimate of drug-likeness (QED) is 0.239. The molecular weight excluding hydrogens is 472 g/mol. The summed E-state index contributed by atoms with van der Waals surface area (Å²) < 4.78 is 14.2. The highest BCUT2D eigenvalue weighted by molar-refractivity contribution is 7.99. The molecule has 1 N–H and O–H groups in total. The monoisotopic (exact) mass is 500 g/mol. The molecule has 0 saturated heterocycles. The number of anilines is 1. The number of hydrogen-bond acceptors (Lipinski definition) is 6. The zero-order valence-electron chi connectivity index (χ0n) is 20.3. The molecule has 0 aliphatic carbocycles. The molecule has 0 radical (unpaired) electrons. The number of para-hydroxylation sites is 4. The lowest BCUT2D eigenvalue weighted by molar-refractivity contribution is -0.116. The molecule has 1 aromatic heterocycles. The van der Waals surface area contributed by atoms with Crippen molar-refractivity contribution in [3.63, 3.8) is 0 Å². The van der Waals surface area contributed by atoms with Crippen molar-refractivity contribution in [2.75, 3.05) is 17.7 Å². The molecule has 0 spiro atoms. The second kappa shape index (κ2) is 10.9. The average Bonchev–Trinajstić information content (AvgIpc) is 3.33. The van der Waals surface area contributed by atoms with Crippen molar-refractivity contribution in [2.45, 2.75) is 37.9 Å². The van der Waals surface area contributed by atoms with Gasteiger partial charge in [0.15, 0.2) is 28.6 Å². The van der Waals surface area contributed by atoms with Crippen molar-refractivity contribution in [1.82, 2.24) is 14.8 Å². The van der Waals surface area contributed by atoms with Crippen molar-refractivity contribution < 1.29 is 14.3 Å². The van der Waals surface area contributed by atoms with Crippen molar-refractivity contribution in [2.24, 2.45) is 0 Å². The van der Waals surface area contributed by atoms with Gasteiger partial charge in [0.05, 0.1) is 0 Å². The predicted molar refractivity (Wildman–Crippen MR) is 141 cm³/mol. The first kappa shape index (κ1) is 23.9. The summed E-state index contributed by atoms with van der Waals surface area (Å²) in [6, 6.07) is 23.6. The van der Waals surface area contributed by atoms with Crippen molar-refractivity contribution in [3.8, 4) is 17.2 Å². The summed E-state index contributed by atoms with van der Waals surface area (Å²) in [5.74, 6) is 2.86. The van der Waals surface area contributed by atoms with E-state index in [2.05, 4.69) is 15.5 Å². The van der Waals surface area contributed by atoms with Gasteiger partial charge in [-0.05, 0) is 55.7 Å². The van der Waals surface area contributed by atoms with Crippen LogP contribution in [0, 0.1) is 13.8 Å². The summed E-state index contributed by atoms with van der Waals surface area (Å²) in [5, 5.41) is 12.8. The number of nitrogens with one attached hydrogen (secondary N) is 1. The molecule has 4 aromatic rings. The van der Waals surface area contributed by atoms with Crippen LogP contribution in [0.3, 0.4) is 0 Å². The molecule has 1 amide bonds. The number of amides is 1. The molecule has 0 unspecified atom stereocenters. The first-order valence-corrected chi connectivity index (χ1v) is 13.0. The van der Waals surface area contributed by atoms with Gasteiger partial charge in [-0.1, -0.05) is 60.3 Å². The van der Waals surface area contributed by atoms with E-state index in [0.717, 1.165) is 45.6 Å². The molecule has 0 saturated carbocycles. The maximum Gasteiger partial charge on any atom is 0.224 e. The van der Waals surface area contributed by atoms with Crippen molar-refractivity contribution >= 4 is 23.4 Å².